The second-order valence-corrected chi connectivity index (χ2v) is 13.7. The van der Waals surface area contributed by atoms with Crippen molar-refractivity contribution in [3.8, 4) is 0 Å². The number of benzene rings is 2. The molecule has 0 aromatic heterocycles. The molecule has 2 aromatic rings. The Balaban J connectivity index is 2.31. The number of aldehydes is 1. The van der Waals surface area contributed by atoms with Crippen LogP contribution >= 0.6 is 0 Å². The number of hydrogen-bond acceptors (Lipinski definition) is 8. The van der Waals surface area contributed by atoms with Crippen LogP contribution in [-0.4, -0.2) is 78.6 Å². The number of carbonyl (C=O) groups is 6. The maximum absolute atomic E-state index is 13.9. The summed E-state index contributed by atoms with van der Waals surface area (Å²) in [5.41, 5.74) is 13.2. The van der Waals surface area contributed by atoms with Crippen LogP contribution in [0.5, 0.6) is 0 Å². The molecule has 0 aliphatic carbocycles. The predicted molar refractivity (Wildman–Crippen MR) is 197 cm³/mol. The lowest BCUT2D eigenvalue weighted by Gasteiger charge is -2.29. The number of amides is 5. The van der Waals surface area contributed by atoms with Gasteiger partial charge in [-0.1, -0.05) is 94.8 Å². The van der Waals surface area contributed by atoms with Crippen molar-refractivity contribution in [2.24, 2.45) is 23.3 Å². The van der Waals surface area contributed by atoms with Gasteiger partial charge in [0, 0.05) is 12.8 Å². The largest absolute Gasteiger partial charge is 0.345 e. The van der Waals surface area contributed by atoms with Gasteiger partial charge in [-0.2, -0.15) is 0 Å². The van der Waals surface area contributed by atoms with Crippen LogP contribution in [0, 0.1) is 11.8 Å². The lowest BCUT2D eigenvalue weighted by Crippen LogP contribution is -2.60. The summed E-state index contributed by atoms with van der Waals surface area (Å²) < 4.78 is 0. The zero-order valence-corrected chi connectivity index (χ0v) is 30.5. The molecular formula is C38H57N7O6. The van der Waals surface area contributed by atoms with Crippen LogP contribution in [0.25, 0.3) is 0 Å². The smallest absolute Gasteiger partial charge is 0.243 e. The van der Waals surface area contributed by atoms with Crippen LogP contribution in [0.15, 0.2) is 60.7 Å². The van der Waals surface area contributed by atoms with Crippen LogP contribution in [0.2, 0.25) is 0 Å². The van der Waals surface area contributed by atoms with Crippen molar-refractivity contribution in [3.63, 3.8) is 0 Å². The Hall–Kier alpha value is -4.62. The molecule has 280 valence electrons. The zero-order valence-electron chi connectivity index (χ0n) is 30.5. The van der Waals surface area contributed by atoms with Crippen LogP contribution in [-0.2, 0) is 41.6 Å². The van der Waals surface area contributed by atoms with E-state index in [4.69, 9.17) is 11.5 Å². The first-order valence-corrected chi connectivity index (χ1v) is 17.8. The normalized spacial score (nSPS) is 14.7. The van der Waals surface area contributed by atoms with Crippen molar-refractivity contribution in [1.82, 2.24) is 26.6 Å². The molecule has 13 nitrogen and oxygen atoms in total. The molecule has 0 saturated carbocycles. The molecule has 2 rings (SSSR count). The maximum Gasteiger partial charge on any atom is 0.243 e. The molecule has 0 heterocycles. The van der Waals surface area contributed by atoms with Crippen molar-refractivity contribution in [2.75, 3.05) is 6.54 Å². The highest BCUT2D eigenvalue weighted by molar-refractivity contribution is 5.96. The number of hydrogen-bond donors (Lipinski definition) is 7. The Kier molecular flexibility index (Phi) is 18.6. The van der Waals surface area contributed by atoms with E-state index in [2.05, 4.69) is 26.6 Å². The predicted octanol–water partition coefficient (Wildman–Crippen LogP) is 1.27. The number of unbranched alkanes of at least 4 members (excludes halogenated alkanes) is 1. The first-order chi connectivity index (χ1) is 24.2. The lowest BCUT2D eigenvalue weighted by molar-refractivity contribution is -0.135. The highest BCUT2D eigenvalue weighted by Gasteiger charge is 2.33. The standard InChI is InChI=1S/C38H57N7O6/c1-24(2)20-30(42-34(47)29(40)18-12-13-19-39)37(50)45-33(25(3)4)38(51)44-32(22-28-16-10-7-11-17-28)36(49)43-31(35(48)41-26(5)23-46)21-27-14-8-6-9-15-27/h6-11,14-17,23-26,29-33H,12-13,18-22,39-40H2,1-5H3,(H,41,48)(H,42,47)(H,43,49)(H,44,51)(H,45,50)/t26-,29-,30-,31-,32-,33-/m0/s1. The van der Waals surface area contributed by atoms with E-state index in [1.54, 1.807) is 13.8 Å². The van der Waals surface area contributed by atoms with Gasteiger partial charge < -0.3 is 42.8 Å². The summed E-state index contributed by atoms with van der Waals surface area (Å²) in [5.74, 6) is -3.16. The summed E-state index contributed by atoms with van der Waals surface area (Å²) in [6.45, 7) is 9.36. The van der Waals surface area contributed by atoms with Crippen molar-refractivity contribution in [3.05, 3.63) is 71.8 Å². The Labute approximate surface area is 301 Å². The lowest BCUT2D eigenvalue weighted by atomic mass is 9.98. The monoisotopic (exact) mass is 707 g/mol. The molecule has 0 saturated heterocycles. The fraction of sp³-hybridized carbons (Fsp3) is 0.526. The van der Waals surface area contributed by atoms with E-state index in [9.17, 15) is 28.8 Å². The third-order valence-corrected chi connectivity index (χ3v) is 8.30. The Morgan fingerprint density at radius 1 is 0.627 bits per heavy atom. The third kappa shape index (κ3) is 15.4. The van der Waals surface area contributed by atoms with Gasteiger partial charge in [0.05, 0.1) is 12.1 Å². The zero-order chi connectivity index (χ0) is 37.9. The van der Waals surface area contributed by atoms with Gasteiger partial charge in [0.2, 0.25) is 29.5 Å². The van der Waals surface area contributed by atoms with Crippen molar-refractivity contribution < 1.29 is 28.8 Å². The highest BCUT2D eigenvalue weighted by Crippen LogP contribution is 2.12. The average Bonchev–Trinajstić information content (AvgIpc) is 3.09. The van der Waals surface area contributed by atoms with E-state index in [0.717, 1.165) is 17.5 Å². The number of nitrogens with one attached hydrogen (secondary N) is 5. The highest BCUT2D eigenvalue weighted by atomic mass is 16.2. The molecule has 0 bridgehead atoms. The van der Waals surface area contributed by atoms with Crippen molar-refractivity contribution in [1.29, 1.82) is 0 Å². The van der Waals surface area contributed by atoms with Crippen molar-refractivity contribution in [2.45, 2.75) is 109 Å². The molecular weight excluding hydrogens is 650 g/mol. The number of nitrogens with two attached hydrogens (primary N) is 2. The summed E-state index contributed by atoms with van der Waals surface area (Å²) in [6.07, 6.45) is 2.96. The minimum absolute atomic E-state index is 0.0374. The van der Waals surface area contributed by atoms with E-state index in [0.29, 0.717) is 32.1 Å². The van der Waals surface area contributed by atoms with E-state index < -0.39 is 71.7 Å². The van der Waals surface area contributed by atoms with E-state index in [1.807, 2.05) is 74.5 Å². The van der Waals surface area contributed by atoms with Gasteiger partial charge in [-0.25, -0.2) is 0 Å². The topological polar surface area (TPSA) is 215 Å². The average molecular weight is 708 g/mol. The molecule has 51 heavy (non-hydrogen) atoms. The third-order valence-electron chi connectivity index (χ3n) is 8.30. The van der Waals surface area contributed by atoms with E-state index in [-0.39, 0.29) is 18.8 Å². The Bertz CT molecular complexity index is 1410. The van der Waals surface area contributed by atoms with E-state index >= 15 is 0 Å². The van der Waals surface area contributed by atoms with Gasteiger partial charge >= 0.3 is 0 Å². The molecule has 5 amide bonds. The van der Waals surface area contributed by atoms with Gasteiger partial charge in [0.25, 0.3) is 0 Å². The summed E-state index contributed by atoms with van der Waals surface area (Å²) in [6, 6.07) is 12.4. The van der Waals surface area contributed by atoms with Crippen LogP contribution in [0.4, 0.5) is 0 Å². The fourth-order valence-electron chi connectivity index (χ4n) is 5.42. The fourth-order valence-corrected chi connectivity index (χ4v) is 5.42. The maximum atomic E-state index is 13.9. The number of rotatable bonds is 22. The molecule has 2 aromatic carbocycles. The van der Waals surface area contributed by atoms with Crippen LogP contribution in [0.1, 0.15) is 71.4 Å². The summed E-state index contributed by atoms with van der Waals surface area (Å²) >= 11 is 0. The van der Waals surface area contributed by atoms with Gasteiger partial charge in [-0.15, -0.1) is 0 Å². The summed E-state index contributed by atoms with van der Waals surface area (Å²) in [5, 5.41) is 13.7. The van der Waals surface area contributed by atoms with Crippen LogP contribution in [0.3, 0.4) is 0 Å². The molecule has 0 fully saturated rings. The van der Waals surface area contributed by atoms with Crippen LogP contribution < -0.4 is 38.1 Å². The molecule has 9 N–H and O–H groups in total. The SMILES string of the molecule is CC(C)C[C@H](NC(=O)[C@@H](N)CCCCN)C(=O)N[C@H](C(=O)N[C@@H](Cc1ccccc1)C(=O)N[C@@H](Cc1ccccc1)C(=O)N[C@@H](C)C=O)C(C)C. The minimum Gasteiger partial charge on any atom is -0.345 e. The molecule has 6 atom stereocenters. The molecule has 0 radical (unpaired) electrons. The van der Waals surface area contributed by atoms with Gasteiger partial charge in [0.15, 0.2) is 0 Å². The molecule has 0 unspecified atom stereocenters. The number of carbonyl (C=O) groups excluding carboxylic acids is 6. The Morgan fingerprint density at radius 3 is 1.57 bits per heavy atom. The summed E-state index contributed by atoms with van der Waals surface area (Å²) in [4.78, 5) is 78.9. The first kappa shape index (κ1) is 42.5. The first-order valence-electron chi connectivity index (χ1n) is 17.8. The molecule has 0 aliphatic rings. The molecule has 0 spiro atoms. The second-order valence-electron chi connectivity index (χ2n) is 13.7. The minimum atomic E-state index is -1.13. The molecule has 13 heteroatoms. The second kappa shape index (κ2) is 22.3. The quantitative estimate of drug-likeness (QED) is 0.0698. The molecule has 0 aliphatic heterocycles. The van der Waals surface area contributed by atoms with Gasteiger partial charge in [0.1, 0.15) is 30.5 Å². The Morgan fingerprint density at radius 2 is 1.10 bits per heavy atom. The van der Waals surface area contributed by atoms with Gasteiger partial charge in [-0.3, -0.25) is 24.0 Å². The van der Waals surface area contributed by atoms with E-state index in [1.165, 1.54) is 6.92 Å². The van der Waals surface area contributed by atoms with Gasteiger partial charge in [-0.05, 0) is 55.7 Å². The van der Waals surface area contributed by atoms with Crippen molar-refractivity contribution >= 4 is 35.8 Å². The summed E-state index contributed by atoms with van der Waals surface area (Å²) in [7, 11) is 0.